The Labute approximate surface area is 109 Å². The van der Waals surface area contributed by atoms with Gasteiger partial charge in [-0.25, -0.2) is 0 Å². The molecule has 0 aliphatic heterocycles. The van der Waals surface area contributed by atoms with E-state index in [0.717, 1.165) is 13.2 Å². The minimum absolute atomic E-state index is 0.362. The Morgan fingerprint density at radius 2 is 1.88 bits per heavy atom. The lowest BCUT2D eigenvalue weighted by molar-refractivity contribution is 0.124. The quantitative estimate of drug-likeness (QED) is 0.752. The highest BCUT2D eigenvalue weighted by atomic mass is 32.2. The molecular formula is C14H23NOS. The fraction of sp³-hybridized carbons (Fsp3) is 0.571. The third-order valence-corrected chi connectivity index (χ3v) is 3.47. The maximum absolute atomic E-state index is 5.40. The van der Waals surface area contributed by atoms with Crippen LogP contribution in [0.3, 0.4) is 0 Å². The van der Waals surface area contributed by atoms with Gasteiger partial charge in [0.2, 0.25) is 0 Å². The number of thioether (sulfide) groups is 1. The zero-order chi connectivity index (χ0) is 12.7. The molecule has 0 spiro atoms. The van der Waals surface area contributed by atoms with Gasteiger partial charge in [-0.05, 0) is 44.7 Å². The number of hydrogen-bond donors (Lipinski definition) is 1. The number of hydrogen-bond acceptors (Lipinski definition) is 3. The third-order valence-electron chi connectivity index (χ3n) is 2.72. The highest BCUT2D eigenvalue weighted by Crippen LogP contribution is 2.19. The first-order chi connectivity index (χ1) is 8.17. The van der Waals surface area contributed by atoms with Gasteiger partial charge >= 0.3 is 0 Å². The van der Waals surface area contributed by atoms with Crippen molar-refractivity contribution in [2.75, 3.05) is 19.5 Å². The molecule has 2 atom stereocenters. The molecule has 2 nitrogen and oxygen atoms in total. The summed E-state index contributed by atoms with van der Waals surface area (Å²) < 4.78 is 5.40. The van der Waals surface area contributed by atoms with Crippen molar-refractivity contribution in [3.8, 4) is 0 Å². The maximum Gasteiger partial charge on any atom is 0.0616 e. The number of benzene rings is 1. The average Bonchev–Trinajstić information content (AvgIpc) is 2.36. The van der Waals surface area contributed by atoms with Crippen molar-refractivity contribution in [2.45, 2.75) is 37.8 Å². The van der Waals surface area contributed by atoms with Crippen molar-refractivity contribution in [2.24, 2.45) is 0 Å². The van der Waals surface area contributed by atoms with Crippen LogP contribution in [0.5, 0.6) is 0 Å². The second-order valence-corrected chi connectivity index (χ2v) is 5.10. The summed E-state index contributed by atoms with van der Waals surface area (Å²) in [7, 11) is 0. The molecule has 3 heteroatoms. The Hall–Kier alpha value is -0.510. The van der Waals surface area contributed by atoms with Gasteiger partial charge in [0.05, 0.1) is 6.61 Å². The standard InChI is InChI=1S/C14H23NOS/c1-5-16-10-11(2)15-12(3)13-6-8-14(17-4)9-7-13/h6-9,11-12,15H,5,10H2,1-4H3. The summed E-state index contributed by atoms with van der Waals surface area (Å²) in [4.78, 5) is 1.31. The Morgan fingerprint density at radius 1 is 1.24 bits per heavy atom. The van der Waals surface area contributed by atoms with Gasteiger partial charge in [-0.3, -0.25) is 0 Å². The van der Waals surface area contributed by atoms with E-state index in [1.54, 1.807) is 11.8 Å². The molecule has 0 heterocycles. The molecule has 1 aromatic carbocycles. The normalized spacial score (nSPS) is 14.6. The summed E-state index contributed by atoms with van der Waals surface area (Å²) in [5, 5.41) is 3.54. The van der Waals surface area contributed by atoms with Crippen LogP contribution in [0.15, 0.2) is 29.2 Å². The summed E-state index contributed by atoms with van der Waals surface area (Å²) in [5.41, 5.74) is 1.33. The largest absolute Gasteiger partial charge is 0.380 e. The molecule has 17 heavy (non-hydrogen) atoms. The number of rotatable bonds is 7. The van der Waals surface area contributed by atoms with Crippen LogP contribution in [0.25, 0.3) is 0 Å². The van der Waals surface area contributed by atoms with Crippen molar-refractivity contribution < 1.29 is 4.74 Å². The lowest BCUT2D eigenvalue weighted by atomic mass is 10.1. The first kappa shape index (κ1) is 14.6. The summed E-state index contributed by atoms with van der Waals surface area (Å²) in [5.74, 6) is 0. The van der Waals surface area contributed by atoms with Gasteiger partial charge in [0.25, 0.3) is 0 Å². The first-order valence-corrected chi connectivity index (χ1v) is 7.37. The Balaban J connectivity index is 2.47. The van der Waals surface area contributed by atoms with Crippen molar-refractivity contribution >= 4 is 11.8 Å². The SMILES string of the molecule is CCOCC(C)NC(C)c1ccc(SC)cc1. The van der Waals surface area contributed by atoms with E-state index in [4.69, 9.17) is 4.74 Å². The smallest absolute Gasteiger partial charge is 0.0616 e. The molecule has 1 N–H and O–H groups in total. The van der Waals surface area contributed by atoms with Gasteiger partial charge in [-0.15, -0.1) is 11.8 Å². The Morgan fingerprint density at radius 3 is 2.41 bits per heavy atom. The van der Waals surface area contributed by atoms with Gasteiger partial charge in [0.1, 0.15) is 0 Å². The second-order valence-electron chi connectivity index (χ2n) is 4.22. The van der Waals surface area contributed by atoms with Gasteiger partial charge in [0, 0.05) is 23.6 Å². The van der Waals surface area contributed by atoms with Crippen LogP contribution in [-0.2, 0) is 4.74 Å². The Bertz CT molecular complexity index is 313. The third kappa shape index (κ3) is 5.11. The van der Waals surface area contributed by atoms with Crippen molar-refractivity contribution in [1.29, 1.82) is 0 Å². The van der Waals surface area contributed by atoms with Crippen LogP contribution in [-0.4, -0.2) is 25.5 Å². The molecule has 0 aliphatic rings. The minimum Gasteiger partial charge on any atom is -0.380 e. The Kier molecular flexibility index (Phi) is 6.63. The van der Waals surface area contributed by atoms with Crippen molar-refractivity contribution in [3.63, 3.8) is 0 Å². The van der Waals surface area contributed by atoms with Crippen molar-refractivity contribution in [3.05, 3.63) is 29.8 Å². The van der Waals surface area contributed by atoms with Gasteiger partial charge in [0.15, 0.2) is 0 Å². The fourth-order valence-corrected chi connectivity index (χ4v) is 2.17. The summed E-state index contributed by atoms with van der Waals surface area (Å²) in [6.07, 6.45) is 2.10. The number of ether oxygens (including phenoxy) is 1. The predicted octanol–water partition coefficient (Wildman–Crippen LogP) is 3.48. The van der Waals surface area contributed by atoms with Crippen LogP contribution in [0.2, 0.25) is 0 Å². The van der Waals surface area contributed by atoms with Crippen LogP contribution in [0.4, 0.5) is 0 Å². The summed E-state index contributed by atoms with van der Waals surface area (Å²) in [6.45, 7) is 7.92. The molecule has 96 valence electrons. The molecule has 0 bridgehead atoms. The summed E-state index contributed by atoms with van der Waals surface area (Å²) >= 11 is 1.77. The summed E-state index contributed by atoms with van der Waals surface area (Å²) in [6, 6.07) is 9.47. The zero-order valence-electron chi connectivity index (χ0n) is 11.2. The van der Waals surface area contributed by atoms with Crippen LogP contribution >= 0.6 is 11.8 Å². The molecule has 0 aliphatic carbocycles. The van der Waals surface area contributed by atoms with E-state index >= 15 is 0 Å². The van der Waals surface area contributed by atoms with Crippen molar-refractivity contribution in [1.82, 2.24) is 5.32 Å². The molecule has 0 saturated heterocycles. The van der Waals surface area contributed by atoms with E-state index in [9.17, 15) is 0 Å². The van der Waals surface area contributed by atoms with E-state index < -0.39 is 0 Å². The molecule has 1 rings (SSSR count). The topological polar surface area (TPSA) is 21.3 Å². The average molecular weight is 253 g/mol. The zero-order valence-corrected chi connectivity index (χ0v) is 12.0. The molecule has 0 aromatic heterocycles. The molecule has 0 saturated carbocycles. The first-order valence-electron chi connectivity index (χ1n) is 6.15. The predicted molar refractivity (Wildman–Crippen MR) is 75.7 cm³/mol. The van der Waals surface area contributed by atoms with Crippen LogP contribution < -0.4 is 5.32 Å². The van der Waals surface area contributed by atoms with Gasteiger partial charge in [-0.1, -0.05) is 12.1 Å². The monoisotopic (exact) mass is 253 g/mol. The van der Waals surface area contributed by atoms with Crippen LogP contribution in [0.1, 0.15) is 32.4 Å². The molecule has 0 fully saturated rings. The maximum atomic E-state index is 5.40. The molecular weight excluding hydrogens is 230 g/mol. The van der Waals surface area contributed by atoms with Gasteiger partial charge in [-0.2, -0.15) is 0 Å². The highest BCUT2D eigenvalue weighted by molar-refractivity contribution is 7.98. The lowest BCUT2D eigenvalue weighted by Crippen LogP contribution is -2.32. The lowest BCUT2D eigenvalue weighted by Gasteiger charge is -2.20. The fourth-order valence-electron chi connectivity index (χ4n) is 1.76. The highest BCUT2D eigenvalue weighted by Gasteiger charge is 2.09. The van der Waals surface area contributed by atoms with E-state index in [2.05, 4.69) is 49.7 Å². The van der Waals surface area contributed by atoms with Gasteiger partial charge < -0.3 is 10.1 Å². The molecule has 0 radical (unpaired) electrons. The number of nitrogens with one attached hydrogen (secondary N) is 1. The van der Waals surface area contributed by atoms with E-state index in [1.807, 2.05) is 6.92 Å². The minimum atomic E-state index is 0.362. The molecule has 1 aromatic rings. The molecule has 0 amide bonds. The van der Waals surface area contributed by atoms with E-state index in [0.29, 0.717) is 12.1 Å². The second kappa shape index (κ2) is 7.75. The molecule has 2 unspecified atom stereocenters. The van der Waals surface area contributed by atoms with E-state index in [1.165, 1.54) is 10.5 Å². The van der Waals surface area contributed by atoms with Crippen LogP contribution in [0, 0.1) is 0 Å². The van der Waals surface area contributed by atoms with E-state index in [-0.39, 0.29) is 0 Å².